The maximum Gasteiger partial charge on any atom is 0.305 e. The number of aliphatic hydroxyl groups is 2. The maximum atomic E-state index is 14.2. The van der Waals surface area contributed by atoms with Crippen LogP contribution < -0.4 is 10.1 Å². The summed E-state index contributed by atoms with van der Waals surface area (Å²) in [5, 5.41) is 32.9. The van der Waals surface area contributed by atoms with Crippen molar-refractivity contribution in [3.05, 3.63) is 95.9 Å². The number of carbonyl (C=O) groups is 2. The van der Waals surface area contributed by atoms with Gasteiger partial charge in [0.15, 0.2) is 0 Å². The molecule has 1 amide bonds. The van der Waals surface area contributed by atoms with Crippen molar-refractivity contribution in [3.63, 3.8) is 0 Å². The third-order valence-electron chi connectivity index (χ3n) is 7.25. The number of carboxylic acid groups (broad SMARTS) is 1. The fraction of sp³-hybridized carbons (Fsp3) is 0.294. The lowest BCUT2D eigenvalue weighted by Gasteiger charge is -2.20. The second-order valence-corrected chi connectivity index (χ2v) is 10.8. The van der Waals surface area contributed by atoms with Crippen molar-refractivity contribution < 1.29 is 34.0 Å². The Bertz CT molecular complexity index is 1530. The van der Waals surface area contributed by atoms with E-state index in [0.717, 1.165) is 11.3 Å². The zero-order chi connectivity index (χ0) is 31.1. The molecule has 0 radical (unpaired) electrons. The van der Waals surface area contributed by atoms with Crippen molar-refractivity contribution in [2.24, 2.45) is 0 Å². The van der Waals surface area contributed by atoms with Gasteiger partial charge in [-0.3, -0.25) is 9.59 Å². The molecule has 0 fully saturated rings. The lowest BCUT2D eigenvalue weighted by Crippen LogP contribution is -2.22. The molecule has 0 aliphatic rings. The number of carboxylic acids is 1. The highest BCUT2D eigenvalue weighted by atomic mass is 19.1. The van der Waals surface area contributed by atoms with E-state index >= 15 is 0 Å². The Kier molecular flexibility index (Phi) is 10.3. The largest absolute Gasteiger partial charge is 0.497 e. The third-order valence-corrected chi connectivity index (χ3v) is 7.25. The number of aromatic nitrogens is 1. The first-order valence-corrected chi connectivity index (χ1v) is 14.2. The molecule has 0 saturated carbocycles. The smallest absolute Gasteiger partial charge is 0.305 e. The molecule has 1 aromatic heterocycles. The standard InChI is InChI=1S/C34H37FN2O6/c1-21(2)32-31(34(42)36-25-13-15-28(43-3)16-14-25)30(22-7-5-4-6-8-22)33(23-9-11-24(35)12-10-23)37(32)18-17-26(38)19-27(39)20-29(40)41/h4-16,21,26-27,38-39H,17-20H2,1-3H3,(H,36,42)(H,40,41)/t26-,27-/m1/s1. The van der Waals surface area contributed by atoms with Gasteiger partial charge in [-0.2, -0.15) is 0 Å². The summed E-state index contributed by atoms with van der Waals surface area (Å²) in [7, 11) is 1.57. The van der Waals surface area contributed by atoms with E-state index in [1.165, 1.54) is 12.1 Å². The molecule has 0 bridgehead atoms. The number of nitrogens with zero attached hydrogens (tertiary/aromatic N) is 1. The van der Waals surface area contributed by atoms with E-state index in [1.54, 1.807) is 43.5 Å². The molecule has 9 heteroatoms. The van der Waals surface area contributed by atoms with Crippen LogP contribution in [0, 0.1) is 5.82 Å². The number of nitrogens with one attached hydrogen (secondary N) is 1. The topological polar surface area (TPSA) is 121 Å². The minimum Gasteiger partial charge on any atom is -0.497 e. The highest BCUT2D eigenvalue weighted by Gasteiger charge is 2.31. The molecule has 0 spiro atoms. The lowest BCUT2D eigenvalue weighted by atomic mass is 9.94. The van der Waals surface area contributed by atoms with Gasteiger partial charge in [0.25, 0.3) is 5.91 Å². The Morgan fingerprint density at radius 1 is 0.907 bits per heavy atom. The predicted octanol–water partition coefficient (Wildman–Crippen LogP) is 6.32. The second-order valence-electron chi connectivity index (χ2n) is 10.8. The summed E-state index contributed by atoms with van der Waals surface area (Å²) in [4.78, 5) is 25.2. The lowest BCUT2D eigenvalue weighted by molar-refractivity contribution is -0.139. The van der Waals surface area contributed by atoms with Crippen LogP contribution in [0.2, 0.25) is 0 Å². The number of methoxy groups -OCH3 is 1. The molecule has 3 aromatic carbocycles. The van der Waals surface area contributed by atoms with Crippen molar-refractivity contribution >= 4 is 17.6 Å². The average Bonchev–Trinajstić information content (AvgIpc) is 3.32. The highest BCUT2D eigenvalue weighted by molar-refractivity contribution is 6.12. The average molecular weight is 589 g/mol. The van der Waals surface area contributed by atoms with E-state index in [2.05, 4.69) is 5.32 Å². The van der Waals surface area contributed by atoms with Gasteiger partial charge >= 0.3 is 5.97 Å². The molecule has 4 aromatic rings. The van der Waals surface area contributed by atoms with Crippen LogP contribution in [0.3, 0.4) is 0 Å². The second kappa shape index (κ2) is 14.1. The van der Waals surface area contributed by atoms with E-state index in [1.807, 2.05) is 48.7 Å². The Morgan fingerprint density at radius 2 is 1.56 bits per heavy atom. The van der Waals surface area contributed by atoms with Gasteiger partial charge in [0.05, 0.1) is 37.0 Å². The van der Waals surface area contributed by atoms with Gasteiger partial charge in [0, 0.05) is 23.5 Å². The van der Waals surface area contributed by atoms with Crippen LogP contribution in [-0.4, -0.2) is 51.1 Å². The summed E-state index contributed by atoms with van der Waals surface area (Å²) >= 11 is 0. The van der Waals surface area contributed by atoms with Crippen LogP contribution >= 0.6 is 0 Å². The molecular weight excluding hydrogens is 551 g/mol. The van der Waals surface area contributed by atoms with Crippen LogP contribution in [-0.2, 0) is 11.3 Å². The zero-order valence-electron chi connectivity index (χ0n) is 24.5. The first-order valence-electron chi connectivity index (χ1n) is 14.2. The number of hydrogen-bond donors (Lipinski definition) is 4. The number of aliphatic carboxylic acids is 1. The van der Waals surface area contributed by atoms with Crippen molar-refractivity contribution in [1.29, 1.82) is 0 Å². The van der Waals surface area contributed by atoms with Gasteiger partial charge in [-0.15, -0.1) is 0 Å². The number of ether oxygens (including phenoxy) is 1. The van der Waals surface area contributed by atoms with Gasteiger partial charge in [-0.25, -0.2) is 4.39 Å². The summed E-state index contributed by atoms with van der Waals surface area (Å²) in [6, 6.07) is 22.6. The van der Waals surface area contributed by atoms with E-state index < -0.39 is 30.4 Å². The highest BCUT2D eigenvalue weighted by Crippen LogP contribution is 2.42. The number of amides is 1. The van der Waals surface area contributed by atoms with Crippen LogP contribution in [0.1, 0.15) is 55.1 Å². The summed E-state index contributed by atoms with van der Waals surface area (Å²) in [6.45, 7) is 4.22. The van der Waals surface area contributed by atoms with E-state index in [-0.39, 0.29) is 31.2 Å². The first-order chi connectivity index (χ1) is 20.6. The fourth-order valence-corrected chi connectivity index (χ4v) is 5.36. The van der Waals surface area contributed by atoms with Crippen molar-refractivity contribution in [1.82, 2.24) is 4.57 Å². The van der Waals surface area contributed by atoms with E-state index in [9.17, 15) is 24.2 Å². The SMILES string of the molecule is COc1ccc(NC(=O)c2c(-c3ccccc3)c(-c3ccc(F)cc3)n(CC[C@@H](O)C[C@@H](O)CC(=O)O)c2C(C)C)cc1. The molecule has 0 aliphatic heterocycles. The Labute approximate surface area is 250 Å². The van der Waals surface area contributed by atoms with Gasteiger partial charge < -0.3 is 29.9 Å². The quantitative estimate of drug-likeness (QED) is 0.145. The molecule has 226 valence electrons. The molecule has 8 nitrogen and oxygen atoms in total. The monoisotopic (exact) mass is 588 g/mol. The number of hydrogen-bond acceptors (Lipinski definition) is 5. The van der Waals surface area contributed by atoms with E-state index in [4.69, 9.17) is 9.84 Å². The number of anilines is 1. The fourth-order valence-electron chi connectivity index (χ4n) is 5.36. The van der Waals surface area contributed by atoms with Crippen molar-refractivity contribution in [2.75, 3.05) is 12.4 Å². The predicted molar refractivity (Wildman–Crippen MR) is 164 cm³/mol. The Morgan fingerprint density at radius 3 is 2.14 bits per heavy atom. The van der Waals surface area contributed by atoms with Gasteiger partial charge in [-0.05, 0) is 78.4 Å². The number of benzene rings is 3. The zero-order valence-corrected chi connectivity index (χ0v) is 24.5. The Hall–Kier alpha value is -4.47. The molecular formula is C34H37FN2O6. The number of halogens is 1. The maximum absolute atomic E-state index is 14.2. The molecule has 2 atom stereocenters. The molecule has 0 unspecified atom stereocenters. The summed E-state index contributed by atoms with van der Waals surface area (Å²) in [5.41, 5.74) is 4.60. The number of aliphatic hydroxyl groups excluding tert-OH is 2. The molecule has 1 heterocycles. The molecule has 4 N–H and O–H groups in total. The molecule has 0 aliphatic carbocycles. The van der Waals surface area contributed by atoms with Gasteiger partial charge in [0.1, 0.15) is 11.6 Å². The summed E-state index contributed by atoms with van der Waals surface area (Å²) in [5.74, 6) is -1.35. The van der Waals surface area contributed by atoms with Crippen LogP contribution in [0.5, 0.6) is 5.75 Å². The van der Waals surface area contributed by atoms with Crippen LogP contribution in [0.25, 0.3) is 22.4 Å². The molecule has 0 saturated heterocycles. The first kappa shape index (κ1) is 31.5. The minimum absolute atomic E-state index is 0.104. The van der Waals surface area contributed by atoms with Gasteiger partial charge in [-0.1, -0.05) is 44.2 Å². The van der Waals surface area contributed by atoms with Crippen molar-refractivity contribution in [2.45, 2.75) is 57.8 Å². The van der Waals surface area contributed by atoms with Crippen LogP contribution in [0.15, 0.2) is 78.9 Å². The van der Waals surface area contributed by atoms with Crippen LogP contribution in [0.4, 0.5) is 10.1 Å². The molecule has 43 heavy (non-hydrogen) atoms. The number of rotatable bonds is 13. The molecule has 4 rings (SSSR count). The third kappa shape index (κ3) is 7.68. The van der Waals surface area contributed by atoms with Crippen molar-refractivity contribution in [3.8, 4) is 28.1 Å². The van der Waals surface area contributed by atoms with Gasteiger partial charge in [0.2, 0.25) is 0 Å². The normalized spacial score (nSPS) is 12.6. The van der Waals surface area contributed by atoms with E-state index in [0.29, 0.717) is 33.8 Å². The number of carbonyl (C=O) groups excluding carboxylic acids is 1. The Balaban J connectivity index is 1.88. The minimum atomic E-state index is -1.19. The summed E-state index contributed by atoms with van der Waals surface area (Å²) in [6.07, 6.45) is -2.56. The summed E-state index contributed by atoms with van der Waals surface area (Å²) < 4.78 is 21.3.